The number of hydrogen-bond acceptors (Lipinski definition) is 3. The van der Waals surface area contributed by atoms with E-state index in [1.807, 2.05) is 18.2 Å². The first kappa shape index (κ1) is 14.5. The van der Waals surface area contributed by atoms with Crippen LogP contribution in [0.3, 0.4) is 0 Å². The lowest BCUT2D eigenvalue weighted by atomic mass is 9.93. The fourth-order valence-electron chi connectivity index (χ4n) is 2.88. The monoisotopic (exact) mass is 325 g/mol. The number of halogens is 1. The summed E-state index contributed by atoms with van der Waals surface area (Å²) >= 11 is 3.39. The van der Waals surface area contributed by atoms with Crippen molar-refractivity contribution in [1.82, 2.24) is 0 Å². The normalized spacial score (nSPS) is 16.3. The molecule has 1 N–H and O–H groups in total. The highest BCUT2D eigenvalue weighted by Crippen LogP contribution is 2.30. The van der Waals surface area contributed by atoms with Crippen molar-refractivity contribution in [3.05, 3.63) is 28.2 Å². The number of rotatable bonds is 5. The first-order valence-corrected chi connectivity index (χ1v) is 7.68. The quantitative estimate of drug-likeness (QED) is 0.843. The third-order valence-corrected chi connectivity index (χ3v) is 4.28. The zero-order valence-electron chi connectivity index (χ0n) is 11.0. The molecule has 1 aliphatic rings. The van der Waals surface area contributed by atoms with Gasteiger partial charge in [-0.05, 0) is 31.0 Å². The Morgan fingerprint density at radius 2 is 2.05 bits per heavy atom. The molecular weight excluding hydrogens is 306 g/mol. The largest absolute Gasteiger partial charge is 0.395 e. The number of benzene rings is 1. The number of hydrogen-bond donors (Lipinski definition) is 1. The third kappa shape index (κ3) is 3.57. The Morgan fingerprint density at radius 1 is 1.32 bits per heavy atom. The average Bonchev–Trinajstić information content (AvgIpc) is 2.46. The summed E-state index contributed by atoms with van der Waals surface area (Å²) < 4.78 is 0.908. The summed E-state index contributed by atoms with van der Waals surface area (Å²) in [4.78, 5) is 13.5. The van der Waals surface area contributed by atoms with Gasteiger partial charge in [0, 0.05) is 28.3 Å². The molecule has 1 aliphatic carbocycles. The van der Waals surface area contributed by atoms with E-state index in [1.165, 1.54) is 19.3 Å². The van der Waals surface area contributed by atoms with Gasteiger partial charge in [0.05, 0.1) is 6.61 Å². The van der Waals surface area contributed by atoms with Crippen molar-refractivity contribution in [2.45, 2.75) is 38.1 Å². The molecule has 0 aliphatic heterocycles. The first-order chi connectivity index (χ1) is 9.26. The van der Waals surface area contributed by atoms with E-state index in [4.69, 9.17) is 0 Å². The number of carbonyl (C=O) groups is 1. The SMILES string of the molecule is O=Cc1cc(Br)ccc1N(CCO)C1CCCCC1. The Labute approximate surface area is 122 Å². The maximum absolute atomic E-state index is 11.3. The predicted octanol–water partition coefficient (Wildman–Crippen LogP) is 3.39. The molecule has 4 heteroatoms. The number of nitrogens with zero attached hydrogens (tertiary/aromatic N) is 1. The van der Waals surface area contributed by atoms with Crippen molar-refractivity contribution in [1.29, 1.82) is 0 Å². The van der Waals surface area contributed by atoms with Crippen molar-refractivity contribution >= 4 is 27.9 Å². The zero-order valence-corrected chi connectivity index (χ0v) is 12.6. The maximum Gasteiger partial charge on any atom is 0.152 e. The third-order valence-electron chi connectivity index (χ3n) is 3.78. The Balaban J connectivity index is 2.29. The van der Waals surface area contributed by atoms with E-state index in [0.717, 1.165) is 29.3 Å². The van der Waals surface area contributed by atoms with E-state index >= 15 is 0 Å². The lowest BCUT2D eigenvalue weighted by Crippen LogP contribution is -2.39. The minimum absolute atomic E-state index is 0.116. The lowest BCUT2D eigenvalue weighted by Gasteiger charge is -2.36. The van der Waals surface area contributed by atoms with Crippen molar-refractivity contribution in [2.24, 2.45) is 0 Å². The van der Waals surface area contributed by atoms with Gasteiger partial charge in [-0.2, -0.15) is 0 Å². The maximum atomic E-state index is 11.3. The highest BCUT2D eigenvalue weighted by molar-refractivity contribution is 9.10. The second-order valence-corrected chi connectivity index (χ2v) is 5.95. The fraction of sp³-hybridized carbons (Fsp3) is 0.533. The van der Waals surface area contributed by atoms with Crippen molar-refractivity contribution in [2.75, 3.05) is 18.1 Å². The summed E-state index contributed by atoms with van der Waals surface area (Å²) in [5.41, 5.74) is 1.63. The van der Waals surface area contributed by atoms with Crippen LogP contribution in [0.5, 0.6) is 0 Å². The van der Waals surface area contributed by atoms with Crippen LogP contribution in [0, 0.1) is 0 Å². The van der Waals surface area contributed by atoms with Crippen LogP contribution >= 0.6 is 15.9 Å². The van der Waals surface area contributed by atoms with Crippen LogP contribution in [0.25, 0.3) is 0 Å². The van der Waals surface area contributed by atoms with Gasteiger partial charge in [0.15, 0.2) is 6.29 Å². The summed E-state index contributed by atoms with van der Waals surface area (Å²) in [6.45, 7) is 0.706. The Hall–Kier alpha value is -0.870. The molecule has 1 aromatic carbocycles. The van der Waals surface area contributed by atoms with Gasteiger partial charge < -0.3 is 10.0 Å². The molecule has 0 saturated heterocycles. The van der Waals surface area contributed by atoms with Gasteiger partial charge in [0.25, 0.3) is 0 Å². The van der Waals surface area contributed by atoms with Crippen LogP contribution in [-0.2, 0) is 0 Å². The molecule has 0 spiro atoms. The summed E-state index contributed by atoms with van der Waals surface area (Å²) in [5, 5.41) is 9.31. The predicted molar refractivity (Wildman–Crippen MR) is 80.8 cm³/mol. The highest BCUT2D eigenvalue weighted by atomic mass is 79.9. The minimum Gasteiger partial charge on any atom is -0.395 e. The van der Waals surface area contributed by atoms with Crippen LogP contribution in [0.1, 0.15) is 42.5 Å². The summed E-state index contributed by atoms with van der Waals surface area (Å²) in [6.07, 6.45) is 6.96. The second-order valence-electron chi connectivity index (χ2n) is 5.03. The lowest BCUT2D eigenvalue weighted by molar-refractivity contribution is 0.112. The van der Waals surface area contributed by atoms with Crippen LogP contribution in [0.15, 0.2) is 22.7 Å². The molecule has 0 aromatic heterocycles. The van der Waals surface area contributed by atoms with Crippen LogP contribution in [0.2, 0.25) is 0 Å². The van der Waals surface area contributed by atoms with E-state index in [0.29, 0.717) is 18.2 Å². The van der Waals surface area contributed by atoms with E-state index in [9.17, 15) is 9.90 Å². The van der Waals surface area contributed by atoms with Gasteiger partial charge in [0.1, 0.15) is 0 Å². The van der Waals surface area contributed by atoms with Gasteiger partial charge in [0.2, 0.25) is 0 Å². The first-order valence-electron chi connectivity index (χ1n) is 6.88. The average molecular weight is 326 g/mol. The summed E-state index contributed by atoms with van der Waals surface area (Å²) in [5.74, 6) is 0. The van der Waals surface area contributed by atoms with Gasteiger partial charge in [-0.1, -0.05) is 35.2 Å². The van der Waals surface area contributed by atoms with Gasteiger partial charge >= 0.3 is 0 Å². The smallest absolute Gasteiger partial charge is 0.152 e. The Kier molecular flexibility index (Phi) is 5.40. The van der Waals surface area contributed by atoms with Crippen molar-refractivity contribution in [3.63, 3.8) is 0 Å². The fourth-order valence-corrected chi connectivity index (χ4v) is 3.26. The van der Waals surface area contributed by atoms with Crippen LogP contribution in [-0.4, -0.2) is 30.6 Å². The van der Waals surface area contributed by atoms with Gasteiger partial charge in [-0.25, -0.2) is 0 Å². The standard InChI is InChI=1S/C15H20BrNO2/c16-13-6-7-15(12(10-13)11-19)17(8-9-18)14-4-2-1-3-5-14/h6-7,10-11,14,18H,1-5,8-9H2. The molecule has 104 valence electrons. The Bertz CT molecular complexity index is 430. The molecule has 1 fully saturated rings. The van der Waals surface area contributed by atoms with Crippen LogP contribution < -0.4 is 4.90 Å². The molecule has 1 aromatic rings. The van der Waals surface area contributed by atoms with E-state index < -0.39 is 0 Å². The van der Waals surface area contributed by atoms with Gasteiger partial charge in [-0.15, -0.1) is 0 Å². The van der Waals surface area contributed by atoms with Crippen molar-refractivity contribution < 1.29 is 9.90 Å². The van der Waals surface area contributed by atoms with E-state index in [-0.39, 0.29) is 6.61 Å². The summed E-state index contributed by atoms with van der Waals surface area (Å²) in [6, 6.07) is 6.21. The number of aliphatic hydroxyl groups excluding tert-OH is 1. The van der Waals surface area contributed by atoms with Crippen LogP contribution in [0.4, 0.5) is 5.69 Å². The van der Waals surface area contributed by atoms with E-state index in [2.05, 4.69) is 20.8 Å². The molecule has 3 nitrogen and oxygen atoms in total. The topological polar surface area (TPSA) is 40.5 Å². The zero-order chi connectivity index (χ0) is 13.7. The number of carbonyl (C=O) groups excluding carboxylic acids is 1. The van der Waals surface area contributed by atoms with E-state index in [1.54, 1.807) is 0 Å². The molecule has 0 unspecified atom stereocenters. The molecule has 0 bridgehead atoms. The molecule has 19 heavy (non-hydrogen) atoms. The number of aldehydes is 1. The molecule has 2 rings (SSSR count). The minimum atomic E-state index is 0.116. The number of aliphatic hydroxyl groups is 1. The molecule has 0 heterocycles. The molecule has 0 amide bonds. The molecule has 1 saturated carbocycles. The highest BCUT2D eigenvalue weighted by Gasteiger charge is 2.22. The summed E-state index contributed by atoms with van der Waals surface area (Å²) in [7, 11) is 0. The molecule has 0 atom stereocenters. The van der Waals surface area contributed by atoms with Crippen molar-refractivity contribution in [3.8, 4) is 0 Å². The number of anilines is 1. The molecule has 0 radical (unpaired) electrons. The molecular formula is C15H20BrNO2. The van der Waals surface area contributed by atoms with Gasteiger partial charge in [-0.3, -0.25) is 4.79 Å². The Morgan fingerprint density at radius 3 is 2.68 bits per heavy atom. The second kappa shape index (κ2) is 7.06.